The largest absolute Gasteiger partial charge is 0.349 e. The van der Waals surface area contributed by atoms with Crippen LogP contribution >= 0.6 is 23.2 Å². The topological polar surface area (TPSA) is 29.9 Å². The van der Waals surface area contributed by atoms with Crippen LogP contribution in [0.5, 0.6) is 0 Å². The molecule has 1 aromatic heterocycles. The van der Waals surface area contributed by atoms with Gasteiger partial charge in [0.25, 0.3) is 0 Å². The van der Waals surface area contributed by atoms with Crippen LogP contribution in [-0.2, 0) is 0 Å². The highest BCUT2D eigenvalue weighted by atomic mass is 35.5. The van der Waals surface area contributed by atoms with Gasteiger partial charge in [0.1, 0.15) is 0 Å². The molecule has 27 heavy (non-hydrogen) atoms. The lowest BCUT2D eigenvalue weighted by Crippen LogP contribution is -2.27. The van der Waals surface area contributed by atoms with Crippen LogP contribution in [0.2, 0.25) is 10.0 Å². The molecule has 0 spiro atoms. The Labute approximate surface area is 167 Å². The molecule has 1 aliphatic heterocycles. The van der Waals surface area contributed by atoms with E-state index >= 15 is 0 Å². The molecule has 134 valence electrons. The number of anilines is 1. The number of nitrogens with one attached hydrogen (secondary N) is 1. The van der Waals surface area contributed by atoms with Crippen LogP contribution < -0.4 is 5.32 Å². The minimum Gasteiger partial charge on any atom is -0.349 e. The highest BCUT2D eigenvalue weighted by Gasteiger charge is 2.32. The first kappa shape index (κ1) is 16.7. The van der Waals surface area contributed by atoms with Crippen LogP contribution in [0.4, 0.5) is 5.95 Å². The summed E-state index contributed by atoms with van der Waals surface area (Å²) < 4.78 is 2.24. The van der Waals surface area contributed by atoms with Gasteiger partial charge in [-0.05, 0) is 35.7 Å². The smallest absolute Gasteiger partial charge is 0.204 e. The third-order valence-electron chi connectivity index (χ3n) is 5.21. The van der Waals surface area contributed by atoms with Crippen LogP contribution in [0.25, 0.3) is 11.0 Å². The molecule has 0 amide bonds. The molecule has 1 aliphatic rings. The zero-order chi connectivity index (χ0) is 18.4. The molecule has 0 aliphatic carbocycles. The van der Waals surface area contributed by atoms with Crippen molar-refractivity contribution < 1.29 is 0 Å². The Morgan fingerprint density at radius 1 is 0.889 bits per heavy atom. The molecule has 0 saturated heterocycles. The highest BCUT2D eigenvalue weighted by Crippen LogP contribution is 2.43. The van der Waals surface area contributed by atoms with E-state index in [1.165, 1.54) is 5.56 Å². The van der Waals surface area contributed by atoms with E-state index in [4.69, 9.17) is 28.2 Å². The van der Waals surface area contributed by atoms with Crippen LogP contribution in [0.3, 0.4) is 0 Å². The van der Waals surface area contributed by atoms with Crippen molar-refractivity contribution in [2.45, 2.75) is 18.5 Å². The fourth-order valence-electron chi connectivity index (χ4n) is 3.95. The van der Waals surface area contributed by atoms with Crippen molar-refractivity contribution in [3.05, 3.63) is 94.0 Å². The van der Waals surface area contributed by atoms with Gasteiger partial charge in [0.15, 0.2) is 0 Å². The third-order valence-corrected chi connectivity index (χ3v) is 6.05. The average molecular weight is 394 g/mol. The van der Waals surface area contributed by atoms with Crippen molar-refractivity contribution in [1.29, 1.82) is 0 Å². The van der Waals surface area contributed by atoms with Gasteiger partial charge in [-0.3, -0.25) is 0 Å². The Balaban J connectivity index is 1.72. The summed E-state index contributed by atoms with van der Waals surface area (Å²) in [4.78, 5) is 4.83. The van der Waals surface area contributed by atoms with Crippen LogP contribution in [0.15, 0.2) is 72.8 Å². The van der Waals surface area contributed by atoms with E-state index in [0.29, 0.717) is 10.0 Å². The van der Waals surface area contributed by atoms with Gasteiger partial charge in [0, 0.05) is 0 Å². The quantitative estimate of drug-likeness (QED) is 0.421. The predicted octanol–water partition coefficient (Wildman–Crippen LogP) is 6.49. The van der Waals surface area contributed by atoms with Gasteiger partial charge >= 0.3 is 0 Å². The summed E-state index contributed by atoms with van der Waals surface area (Å²) in [7, 11) is 0. The first-order valence-corrected chi connectivity index (χ1v) is 9.70. The number of imidazole rings is 1. The van der Waals surface area contributed by atoms with E-state index in [0.717, 1.165) is 29.0 Å². The Morgan fingerprint density at radius 3 is 2.52 bits per heavy atom. The maximum absolute atomic E-state index is 6.62. The number of hydrogen-bond acceptors (Lipinski definition) is 2. The second kappa shape index (κ2) is 6.59. The van der Waals surface area contributed by atoms with Crippen LogP contribution in [0, 0.1) is 0 Å². The molecule has 0 unspecified atom stereocenters. The predicted molar refractivity (Wildman–Crippen MR) is 112 cm³/mol. The summed E-state index contributed by atoms with van der Waals surface area (Å²) in [6, 6.07) is 24.7. The van der Waals surface area contributed by atoms with Crippen molar-refractivity contribution in [3.8, 4) is 0 Å². The zero-order valence-electron chi connectivity index (χ0n) is 14.4. The SMILES string of the molecule is Clc1cccc([C@@H]2C[C@H](c3ccccc3)Nc3nc4ccccc4n32)c1Cl. The highest BCUT2D eigenvalue weighted by molar-refractivity contribution is 6.42. The van der Waals surface area contributed by atoms with Crippen molar-refractivity contribution in [2.75, 3.05) is 5.32 Å². The van der Waals surface area contributed by atoms with E-state index in [9.17, 15) is 0 Å². The summed E-state index contributed by atoms with van der Waals surface area (Å²) >= 11 is 13.0. The number of halogens is 2. The molecule has 3 nitrogen and oxygen atoms in total. The molecule has 0 fully saturated rings. The van der Waals surface area contributed by atoms with E-state index in [1.54, 1.807) is 0 Å². The number of aromatic nitrogens is 2. The Kier molecular flexibility index (Phi) is 4.07. The molecule has 5 rings (SSSR count). The zero-order valence-corrected chi connectivity index (χ0v) is 16.0. The summed E-state index contributed by atoms with van der Waals surface area (Å²) in [6.45, 7) is 0. The summed E-state index contributed by atoms with van der Waals surface area (Å²) in [5, 5.41) is 4.80. The van der Waals surface area contributed by atoms with Gasteiger partial charge in [-0.25, -0.2) is 4.98 Å². The van der Waals surface area contributed by atoms with Crippen molar-refractivity contribution in [2.24, 2.45) is 0 Å². The lowest BCUT2D eigenvalue weighted by molar-refractivity contribution is 0.477. The van der Waals surface area contributed by atoms with Crippen molar-refractivity contribution in [1.82, 2.24) is 9.55 Å². The maximum atomic E-state index is 6.62. The normalized spacial score (nSPS) is 18.9. The summed E-state index contributed by atoms with van der Waals surface area (Å²) in [5.41, 5.74) is 4.32. The summed E-state index contributed by atoms with van der Waals surface area (Å²) in [5.74, 6) is 0.859. The number of fused-ring (bicyclic) bond motifs is 3. The minimum absolute atomic E-state index is 0.0463. The Morgan fingerprint density at radius 2 is 1.67 bits per heavy atom. The first-order chi connectivity index (χ1) is 13.2. The average Bonchev–Trinajstić information content (AvgIpc) is 3.09. The number of benzene rings is 3. The fraction of sp³-hybridized carbons (Fsp3) is 0.136. The van der Waals surface area contributed by atoms with Gasteiger partial charge in [0.05, 0.1) is 33.2 Å². The van der Waals surface area contributed by atoms with Gasteiger partial charge in [-0.2, -0.15) is 0 Å². The van der Waals surface area contributed by atoms with Gasteiger partial charge in [0.2, 0.25) is 5.95 Å². The molecule has 2 heterocycles. The molecular weight excluding hydrogens is 377 g/mol. The van der Waals surface area contributed by atoms with Gasteiger partial charge in [-0.15, -0.1) is 0 Å². The first-order valence-electron chi connectivity index (χ1n) is 8.95. The van der Waals surface area contributed by atoms with Crippen molar-refractivity contribution >= 4 is 40.2 Å². The maximum Gasteiger partial charge on any atom is 0.204 e. The Bertz CT molecular complexity index is 1120. The molecule has 1 N–H and O–H groups in total. The number of nitrogens with zero attached hydrogens (tertiary/aromatic N) is 2. The minimum atomic E-state index is 0.0463. The van der Waals surface area contributed by atoms with Crippen LogP contribution in [-0.4, -0.2) is 9.55 Å². The standard InChI is InChI=1S/C22H17Cl2N3/c23-16-10-6-9-15(21(16)24)20-13-18(14-7-2-1-3-8-14)26-22-25-17-11-4-5-12-19(17)27(20)22/h1-12,18,20H,13H2,(H,25,26)/t18-,20+/m1/s1. The Hall–Kier alpha value is -2.49. The number of hydrogen-bond donors (Lipinski definition) is 1. The molecule has 0 bridgehead atoms. The molecular formula is C22H17Cl2N3. The second-order valence-corrected chi connectivity index (χ2v) is 7.58. The fourth-order valence-corrected chi connectivity index (χ4v) is 4.39. The molecule has 0 saturated carbocycles. The summed E-state index contributed by atoms with van der Waals surface area (Å²) in [6.07, 6.45) is 0.859. The van der Waals surface area contributed by atoms with E-state index in [2.05, 4.69) is 46.3 Å². The third kappa shape index (κ3) is 2.78. The lowest BCUT2D eigenvalue weighted by Gasteiger charge is -2.34. The monoisotopic (exact) mass is 393 g/mol. The molecule has 5 heteroatoms. The number of para-hydroxylation sites is 2. The molecule has 0 radical (unpaired) electrons. The molecule has 4 aromatic rings. The van der Waals surface area contributed by atoms with Gasteiger partial charge < -0.3 is 9.88 Å². The van der Waals surface area contributed by atoms with E-state index in [1.807, 2.05) is 36.4 Å². The number of rotatable bonds is 2. The van der Waals surface area contributed by atoms with E-state index in [-0.39, 0.29) is 12.1 Å². The molecule has 3 aromatic carbocycles. The van der Waals surface area contributed by atoms with Gasteiger partial charge in [-0.1, -0.05) is 77.8 Å². The van der Waals surface area contributed by atoms with Crippen LogP contribution in [0.1, 0.15) is 29.6 Å². The molecule has 2 atom stereocenters. The van der Waals surface area contributed by atoms with Crippen molar-refractivity contribution in [3.63, 3.8) is 0 Å². The van der Waals surface area contributed by atoms with E-state index < -0.39 is 0 Å². The second-order valence-electron chi connectivity index (χ2n) is 6.80. The lowest BCUT2D eigenvalue weighted by atomic mass is 9.93.